The molecule has 8 nitrogen and oxygen atoms in total. The van der Waals surface area contributed by atoms with Crippen LogP contribution in [0, 0.1) is 10.1 Å². The third kappa shape index (κ3) is 5.68. The third-order valence-electron chi connectivity index (χ3n) is 5.06. The number of nitrogens with zero attached hydrogens (tertiary/aromatic N) is 4. The Balaban J connectivity index is 1.58. The fourth-order valence-corrected chi connectivity index (χ4v) is 5.14. The maximum Gasteiger partial charge on any atom is 0.282 e. The first-order valence-electron chi connectivity index (χ1n) is 10.4. The summed E-state index contributed by atoms with van der Waals surface area (Å²) >= 11 is 10.4. The summed E-state index contributed by atoms with van der Waals surface area (Å²) in [6.07, 6.45) is 2.13. The molecule has 0 spiro atoms. The first-order chi connectivity index (χ1) is 16.8. The Bertz CT molecular complexity index is 1500. The molecule has 11 heteroatoms. The van der Waals surface area contributed by atoms with Crippen molar-refractivity contribution in [2.45, 2.75) is 20.0 Å². The Morgan fingerprint density at radius 3 is 2.40 bits per heavy atom. The van der Waals surface area contributed by atoms with Crippen molar-refractivity contribution in [2.75, 3.05) is 0 Å². The standard InChI is InChI=1S/C24H17Br3N4O4/c1-2-22-29-21-8-5-16(25)11-18(21)24(32)30(22)28-12-15-9-19(26)23(20(27)10-15)35-13-14-3-6-17(7-4-14)31(33)34/h3-12H,2,13H2,1H3. The summed E-state index contributed by atoms with van der Waals surface area (Å²) in [7, 11) is 0. The molecule has 3 aromatic carbocycles. The van der Waals surface area contributed by atoms with Gasteiger partial charge in [0.1, 0.15) is 18.2 Å². The predicted molar refractivity (Wildman–Crippen MR) is 145 cm³/mol. The molecule has 0 radical (unpaired) electrons. The number of halogens is 3. The van der Waals surface area contributed by atoms with Gasteiger partial charge in [0.15, 0.2) is 0 Å². The van der Waals surface area contributed by atoms with Crippen LogP contribution < -0.4 is 10.3 Å². The van der Waals surface area contributed by atoms with Gasteiger partial charge in [0.2, 0.25) is 0 Å². The number of fused-ring (bicyclic) bond motifs is 1. The number of hydrogen-bond donors (Lipinski definition) is 0. The van der Waals surface area contributed by atoms with Gasteiger partial charge in [-0.3, -0.25) is 14.9 Å². The fourth-order valence-electron chi connectivity index (χ4n) is 3.33. The van der Waals surface area contributed by atoms with Crippen molar-refractivity contribution >= 4 is 70.6 Å². The number of rotatable bonds is 7. The zero-order chi connectivity index (χ0) is 25.1. The van der Waals surface area contributed by atoms with Crippen molar-refractivity contribution in [2.24, 2.45) is 5.10 Å². The second-order valence-corrected chi connectivity index (χ2v) is 10.1. The van der Waals surface area contributed by atoms with Gasteiger partial charge >= 0.3 is 0 Å². The number of nitro benzene ring substituents is 1. The topological polar surface area (TPSA) is 99.6 Å². The first-order valence-corrected chi connectivity index (χ1v) is 12.8. The van der Waals surface area contributed by atoms with E-state index in [0.29, 0.717) is 37.8 Å². The van der Waals surface area contributed by atoms with E-state index in [-0.39, 0.29) is 17.9 Å². The van der Waals surface area contributed by atoms with Crippen LogP contribution in [-0.4, -0.2) is 20.8 Å². The molecule has 0 N–H and O–H groups in total. The highest BCUT2D eigenvalue weighted by molar-refractivity contribution is 9.11. The van der Waals surface area contributed by atoms with E-state index in [1.165, 1.54) is 16.8 Å². The number of nitro groups is 1. The molecule has 0 bridgehead atoms. The molecular weight excluding hydrogens is 648 g/mol. The average Bonchev–Trinajstić information content (AvgIpc) is 2.83. The molecule has 1 aromatic heterocycles. The number of aromatic nitrogens is 2. The van der Waals surface area contributed by atoms with Crippen LogP contribution in [0.1, 0.15) is 23.9 Å². The molecule has 0 aliphatic rings. The fraction of sp³-hybridized carbons (Fsp3) is 0.125. The van der Waals surface area contributed by atoms with Crippen molar-refractivity contribution in [3.8, 4) is 5.75 Å². The first kappa shape index (κ1) is 25.2. The smallest absolute Gasteiger partial charge is 0.282 e. The normalized spacial score (nSPS) is 11.3. The summed E-state index contributed by atoms with van der Waals surface area (Å²) in [5, 5.41) is 15.7. The van der Waals surface area contributed by atoms with Gasteiger partial charge in [-0.25, -0.2) is 4.98 Å². The SMILES string of the molecule is CCc1nc2ccc(Br)cc2c(=O)n1N=Cc1cc(Br)c(OCc2ccc([N+](=O)[O-])cc2)c(Br)c1. The lowest BCUT2D eigenvalue weighted by Crippen LogP contribution is -2.22. The zero-order valence-corrected chi connectivity index (χ0v) is 23.0. The van der Waals surface area contributed by atoms with Crippen LogP contribution in [0.3, 0.4) is 0 Å². The lowest BCUT2D eigenvalue weighted by Gasteiger charge is -2.12. The van der Waals surface area contributed by atoms with Gasteiger partial charge in [-0.1, -0.05) is 22.9 Å². The Kier molecular flexibility index (Phi) is 7.78. The van der Waals surface area contributed by atoms with Crippen LogP contribution >= 0.6 is 47.8 Å². The zero-order valence-electron chi connectivity index (χ0n) is 18.2. The molecule has 0 amide bonds. The maximum atomic E-state index is 13.1. The monoisotopic (exact) mass is 662 g/mol. The predicted octanol–water partition coefficient (Wildman–Crippen LogP) is 6.62. The van der Waals surface area contributed by atoms with E-state index in [0.717, 1.165) is 15.6 Å². The van der Waals surface area contributed by atoms with E-state index in [2.05, 4.69) is 57.9 Å². The Morgan fingerprint density at radius 2 is 1.77 bits per heavy atom. The van der Waals surface area contributed by atoms with Crippen molar-refractivity contribution < 1.29 is 9.66 Å². The van der Waals surface area contributed by atoms with Crippen LogP contribution in [0.15, 0.2) is 77.9 Å². The highest BCUT2D eigenvalue weighted by Crippen LogP contribution is 2.35. The van der Waals surface area contributed by atoms with Crippen LogP contribution in [0.4, 0.5) is 5.69 Å². The highest BCUT2D eigenvalue weighted by atomic mass is 79.9. The van der Waals surface area contributed by atoms with Crippen molar-refractivity contribution in [1.82, 2.24) is 9.66 Å². The minimum Gasteiger partial charge on any atom is -0.487 e. The van der Waals surface area contributed by atoms with Gasteiger partial charge in [-0.05, 0) is 85.5 Å². The second-order valence-electron chi connectivity index (χ2n) is 7.43. The highest BCUT2D eigenvalue weighted by Gasteiger charge is 2.12. The molecule has 0 aliphatic carbocycles. The summed E-state index contributed by atoms with van der Waals surface area (Å²) in [5.74, 6) is 1.13. The minimum absolute atomic E-state index is 0.0272. The van der Waals surface area contributed by atoms with E-state index in [9.17, 15) is 14.9 Å². The van der Waals surface area contributed by atoms with Crippen molar-refractivity contribution in [3.05, 3.63) is 105 Å². The van der Waals surface area contributed by atoms with E-state index < -0.39 is 4.92 Å². The molecular formula is C24H17Br3N4O4. The summed E-state index contributed by atoms with van der Waals surface area (Å²) in [6, 6.07) is 15.2. The Hall–Kier alpha value is -2.89. The van der Waals surface area contributed by atoms with Gasteiger partial charge in [-0.2, -0.15) is 9.78 Å². The quantitative estimate of drug-likeness (QED) is 0.126. The van der Waals surface area contributed by atoms with Crippen LogP contribution in [0.2, 0.25) is 0 Å². The summed E-state index contributed by atoms with van der Waals surface area (Å²) < 4.78 is 9.38. The Labute approximate surface area is 225 Å². The molecule has 0 unspecified atom stereocenters. The van der Waals surface area contributed by atoms with Crippen LogP contribution in [0.25, 0.3) is 10.9 Å². The van der Waals surface area contributed by atoms with E-state index in [1.807, 2.05) is 25.1 Å². The number of aryl methyl sites for hydroxylation is 1. The molecule has 4 rings (SSSR count). The van der Waals surface area contributed by atoms with Crippen LogP contribution in [0.5, 0.6) is 5.75 Å². The lowest BCUT2D eigenvalue weighted by molar-refractivity contribution is -0.384. The van der Waals surface area contributed by atoms with E-state index in [1.54, 1.807) is 30.5 Å². The third-order valence-corrected chi connectivity index (χ3v) is 6.74. The molecule has 0 saturated heterocycles. The molecule has 178 valence electrons. The number of ether oxygens (including phenoxy) is 1. The summed E-state index contributed by atoms with van der Waals surface area (Å²) in [4.78, 5) is 28.0. The minimum atomic E-state index is -0.442. The second kappa shape index (κ2) is 10.8. The summed E-state index contributed by atoms with van der Waals surface area (Å²) in [6.45, 7) is 2.15. The molecule has 0 saturated carbocycles. The molecule has 0 aliphatic heterocycles. The largest absolute Gasteiger partial charge is 0.487 e. The van der Waals surface area contributed by atoms with E-state index in [4.69, 9.17) is 4.74 Å². The molecule has 35 heavy (non-hydrogen) atoms. The number of benzene rings is 3. The molecule has 0 fully saturated rings. The maximum absolute atomic E-state index is 13.1. The van der Waals surface area contributed by atoms with Crippen LogP contribution in [-0.2, 0) is 13.0 Å². The molecule has 4 aromatic rings. The Morgan fingerprint density at radius 1 is 1.09 bits per heavy atom. The molecule has 1 heterocycles. The number of non-ortho nitro benzene ring substituents is 1. The van der Waals surface area contributed by atoms with E-state index >= 15 is 0 Å². The van der Waals surface area contributed by atoms with Gasteiger partial charge in [0.25, 0.3) is 11.2 Å². The van der Waals surface area contributed by atoms with Gasteiger partial charge in [0, 0.05) is 23.0 Å². The summed E-state index contributed by atoms with van der Waals surface area (Å²) in [5.41, 5.74) is 1.93. The molecule has 0 atom stereocenters. The van der Waals surface area contributed by atoms with Gasteiger partial charge in [-0.15, -0.1) is 0 Å². The number of hydrogen-bond acceptors (Lipinski definition) is 6. The average molecular weight is 665 g/mol. The van der Waals surface area contributed by atoms with Gasteiger partial charge in [0.05, 0.1) is 31.0 Å². The lowest BCUT2D eigenvalue weighted by atomic mass is 10.2. The van der Waals surface area contributed by atoms with Gasteiger partial charge < -0.3 is 4.74 Å². The van der Waals surface area contributed by atoms with Crippen molar-refractivity contribution in [1.29, 1.82) is 0 Å². The van der Waals surface area contributed by atoms with Crippen molar-refractivity contribution in [3.63, 3.8) is 0 Å².